The normalized spacial score (nSPS) is 10.9. The van der Waals surface area contributed by atoms with E-state index in [1.165, 1.54) is 4.57 Å². The largest absolute Gasteiger partial charge is 0.331 e. The van der Waals surface area contributed by atoms with Gasteiger partial charge in [0, 0.05) is 4.47 Å². The zero-order valence-electron chi connectivity index (χ0n) is 10.7. The number of aromatic nitrogens is 2. The summed E-state index contributed by atoms with van der Waals surface area (Å²) in [7, 11) is 0. The van der Waals surface area contributed by atoms with Crippen molar-refractivity contribution in [2.24, 2.45) is 0 Å². The van der Waals surface area contributed by atoms with E-state index < -0.39 is 0 Å². The van der Waals surface area contributed by atoms with E-state index in [4.69, 9.17) is 12.2 Å². The minimum atomic E-state index is -0.106. The first-order chi connectivity index (χ1) is 9.56. The fourth-order valence-corrected chi connectivity index (χ4v) is 2.86. The first-order valence-corrected chi connectivity index (χ1v) is 7.28. The molecule has 0 bridgehead atoms. The van der Waals surface area contributed by atoms with E-state index in [1.807, 2.05) is 49.4 Å². The van der Waals surface area contributed by atoms with Gasteiger partial charge in [0.15, 0.2) is 4.77 Å². The van der Waals surface area contributed by atoms with Crippen LogP contribution in [0.25, 0.3) is 16.6 Å². The van der Waals surface area contributed by atoms with Crippen LogP contribution in [0.3, 0.4) is 0 Å². The average molecular weight is 347 g/mol. The summed E-state index contributed by atoms with van der Waals surface area (Å²) in [6, 6.07) is 13.2. The number of aromatic amines is 1. The van der Waals surface area contributed by atoms with Crippen LogP contribution in [0.1, 0.15) is 5.56 Å². The number of hydrogen-bond donors (Lipinski definition) is 1. The number of hydrogen-bond acceptors (Lipinski definition) is 2. The summed E-state index contributed by atoms with van der Waals surface area (Å²) < 4.78 is 2.81. The predicted octanol–water partition coefficient (Wildman–Crippen LogP) is 4.12. The van der Waals surface area contributed by atoms with E-state index in [9.17, 15) is 4.79 Å². The molecule has 0 spiro atoms. The molecule has 1 N–H and O–H groups in total. The van der Waals surface area contributed by atoms with Crippen molar-refractivity contribution >= 4 is 39.1 Å². The lowest BCUT2D eigenvalue weighted by Gasteiger charge is -2.09. The Bertz CT molecular complexity index is 927. The smallest absolute Gasteiger partial charge is 0.266 e. The van der Waals surface area contributed by atoms with Gasteiger partial charge in [-0.15, -0.1) is 0 Å². The number of nitrogens with zero attached hydrogens (tertiary/aromatic N) is 1. The lowest BCUT2D eigenvalue weighted by molar-refractivity contribution is 0.939. The summed E-state index contributed by atoms with van der Waals surface area (Å²) >= 11 is 8.73. The highest BCUT2D eigenvalue weighted by Crippen LogP contribution is 2.16. The van der Waals surface area contributed by atoms with Gasteiger partial charge < -0.3 is 4.98 Å². The molecule has 0 unspecified atom stereocenters. The van der Waals surface area contributed by atoms with Gasteiger partial charge in [-0.3, -0.25) is 9.36 Å². The SMILES string of the molecule is Cc1ccc2[nH]c(=S)n(-c3cccc(Br)c3)c(=O)c2c1. The van der Waals surface area contributed by atoms with Gasteiger partial charge in [0.25, 0.3) is 5.56 Å². The Kier molecular flexibility index (Phi) is 3.31. The van der Waals surface area contributed by atoms with Gasteiger partial charge in [0.2, 0.25) is 0 Å². The molecule has 3 rings (SSSR count). The van der Waals surface area contributed by atoms with Gasteiger partial charge in [-0.1, -0.05) is 33.6 Å². The topological polar surface area (TPSA) is 37.8 Å². The number of rotatable bonds is 1. The molecule has 0 aliphatic heterocycles. The van der Waals surface area contributed by atoms with Crippen molar-refractivity contribution in [2.75, 3.05) is 0 Å². The molecule has 0 fully saturated rings. The van der Waals surface area contributed by atoms with Gasteiger partial charge in [0.1, 0.15) is 0 Å². The van der Waals surface area contributed by atoms with Crippen LogP contribution in [0.15, 0.2) is 51.7 Å². The fourth-order valence-electron chi connectivity index (χ4n) is 2.18. The van der Waals surface area contributed by atoms with Crippen LogP contribution in [0.4, 0.5) is 0 Å². The molecule has 20 heavy (non-hydrogen) atoms. The summed E-state index contributed by atoms with van der Waals surface area (Å²) in [5.74, 6) is 0. The first kappa shape index (κ1) is 13.3. The standard InChI is InChI=1S/C15H11BrN2OS/c1-9-5-6-13-12(7-9)14(19)18(15(20)17-13)11-4-2-3-10(16)8-11/h2-8H,1H3,(H,17,20). The Balaban J connectivity index is 2.42. The van der Waals surface area contributed by atoms with Crippen LogP contribution in [-0.2, 0) is 0 Å². The van der Waals surface area contributed by atoms with Crippen LogP contribution in [0.5, 0.6) is 0 Å². The number of fused-ring (bicyclic) bond motifs is 1. The van der Waals surface area contributed by atoms with Crippen LogP contribution in [0.2, 0.25) is 0 Å². The molecule has 0 aliphatic rings. The van der Waals surface area contributed by atoms with Crippen LogP contribution < -0.4 is 5.56 Å². The molecule has 0 saturated heterocycles. The van der Waals surface area contributed by atoms with Gasteiger partial charge in [0.05, 0.1) is 16.6 Å². The zero-order valence-corrected chi connectivity index (χ0v) is 13.1. The van der Waals surface area contributed by atoms with Crippen LogP contribution in [0, 0.1) is 11.7 Å². The number of aryl methyl sites for hydroxylation is 1. The number of nitrogens with one attached hydrogen (secondary N) is 1. The number of benzene rings is 2. The third-order valence-electron chi connectivity index (χ3n) is 3.12. The monoisotopic (exact) mass is 346 g/mol. The highest BCUT2D eigenvalue weighted by Gasteiger charge is 2.08. The molecule has 5 heteroatoms. The van der Waals surface area contributed by atoms with E-state index in [2.05, 4.69) is 20.9 Å². The molecule has 0 saturated carbocycles. The molecule has 3 nitrogen and oxygen atoms in total. The summed E-state index contributed by atoms with van der Waals surface area (Å²) in [6.45, 7) is 1.96. The van der Waals surface area contributed by atoms with E-state index in [-0.39, 0.29) is 5.56 Å². The van der Waals surface area contributed by atoms with Gasteiger partial charge in [-0.2, -0.15) is 0 Å². The summed E-state index contributed by atoms with van der Waals surface area (Å²) in [4.78, 5) is 15.8. The average Bonchev–Trinajstić information content (AvgIpc) is 2.40. The minimum Gasteiger partial charge on any atom is -0.331 e. The van der Waals surface area contributed by atoms with Crippen molar-refractivity contribution < 1.29 is 0 Å². The van der Waals surface area contributed by atoms with Crippen molar-refractivity contribution in [2.45, 2.75) is 6.92 Å². The Hall–Kier alpha value is -1.72. The van der Waals surface area contributed by atoms with Gasteiger partial charge >= 0.3 is 0 Å². The maximum absolute atomic E-state index is 12.7. The van der Waals surface area contributed by atoms with Crippen molar-refractivity contribution in [3.63, 3.8) is 0 Å². The predicted molar refractivity (Wildman–Crippen MR) is 87.2 cm³/mol. The van der Waals surface area contributed by atoms with Crippen molar-refractivity contribution in [3.8, 4) is 5.69 Å². The Labute approximate surface area is 129 Å². The van der Waals surface area contributed by atoms with Gasteiger partial charge in [-0.05, 0) is 49.5 Å². The maximum Gasteiger partial charge on any atom is 0.266 e. The molecule has 0 atom stereocenters. The molecule has 0 aliphatic carbocycles. The molecule has 1 aromatic heterocycles. The van der Waals surface area contributed by atoms with E-state index in [0.29, 0.717) is 10.2 Å². The second-order valence-electron chi connectivity index (χ2n) is 4.60. The van der Waals surface area contributed by atoms with E-state index >= 15 is 0 Å². The highest BCUT2D eigenvalue weighted by atomic mass is 79.9. The fraction of sp³-hybridized carbons (Fsp3) is 0.0667. The summed E-state index contributed by atoms with van der Waals surface area (Å²) in [5.41, 5.74) is 2.44. The molecule has 1 heterocycles. The van der Waals surface area contributed by atoms with Crippen molar-refractivity contribution in [1.29, 1.82) is 0 Å². The minimum absolute atomic E-state index is 0.106. The second-order valence-corrected chi connectivity index (χ2v) is 5.90. The van der Waals surface area contributed by atoms with E-state index in [1.54, 1.807) is 0 Å². The summed E-state index contributed by atoms with van der Waals surface area (Å²) in [5, 5.41) is 0.638. The molecule has 3 aromatic rings. The lowest BCUT2D eigenvalue weighted by atomic mass is 10.1. The van der Waals surface area contributed by atoms with E-state index in [0.717, 1.165) is 21.2 Å². The second kappa shape index (κ2) is 5.00. The number of H-pyrrole nitrogens is 1. The maximum atomic E-state index is 12.7. The molecule has 100 valence electrons. The first-order valence-electron chi connectivity index (χ1n) is 6.08. The summed E-state index contributed by atoms with van der Waals surface area (Å²) in [6.07, 6.45) is 0. The molecular formula is C15H11BrN2OS. The zero-order chi connectivity index (χ0) is 14.3. The Morgan fingerprint density at radius 2 is 2.00 bits per heavy atom. The highest BCUT2D eigenvalue weighted by molar-refractivity contribution is 9.10. The molecule has 0 radical (unpaired) electrons. The number of halogens is 1. The Morgan fingerprint density at radius 1 is 1.20 bits per heavy atom. The lowest BCUT2D eigenvalue weighted by Crippen LogP contribution is -2.20. The third-order valence-corrected chi connectivity index (χ3v) is 3.90. The van der Waals surface area contributed by atoms with Crippen LogP contribution >= 0.6 is 28.1 Å². The van der Waals surface area contributed by atoms with Crippen molar-refractivity contribution in [3.05, 3.63) is 67.6 Å². The van der Waals surface area contributed by atoms with Gasteiger partial charge in [-0.25, -0.2) is 0 Å². The molecule has 0 amide bonds. The van der Waals surface area contributed by atoms with Crippen LogP contribution in [-0.4, -0.2) is 9.55 Å². The quantitative estimate of drug-likeness (QED) is 0.673. The molecular weight excluding hydrogens is 336 g/mol. The third kappa shape index (κ3) is 2.23. The molecule has 2 aromatic carbocycles. The Morgan fingerprint density at radius 3 is 2.75 bits per heavy atom. The van der Waals surface area contributed by atoms with Crippen molar-refractivity contribution in [1.82, 2.24) is 9.55 Å².